The average Bonchev–Trinajstić information content (AvgIpc) is 2.22. The fourth-order valence-electron chi connectivity index (χ4n) is 2.52. The number of rotatable bonds is 3. The van der Waals surface area contributed by atoms with Gasteiger partial charge in [-0.05, 0) is 51.9 Å². The van der Waals surface area contributed by atoms with Crippen LogP contribution in [0.25, 0.3) is 0 Å². The lowest BCUT2D eigenvalue weighted by molar-refractivity contribution is 0.244. The van der Waals surface area contributed by atoms with Crippen molar-refractivity contribution in [1.82, 2.24) is 0 Å². The van der Waals surface area contributed by atoms with Crippen LogP contribution in [-0.2, 0) is 5.41 Å². The topological polar surface area (TPSA) is 26.0 Å². The summed E-state index contributed by atoms with van der Waals surface area (Å²) in [5.74, 6) is 0.278. The van der Waals surface area contributed by atoms with Crippen LogP contribution < -0.4 is 5.73 Å². The zero-order valence-electron chi connectivity index (χ0n) is 10.4. The summed E-state index contributed by atoms with van der Waals surface area (Å²) < 4.78 is 14.8. The SMILES string of the molecule is CC(C)c1cc(Br)c(F)c(C2(CN)CCC2)c1. The van der Waals surface area contributed by atoms with Crippen LogP contribution in [0.3, 0.4) is 0 Å². The van der Waals surface area contributed by atoms with Crippen LogP contribution in [0, 0.1) is 5.82 Å². The molecule has 2 rings (SSSR count). The number of hydrogen-bond donors (Lipinski definition) is 1. The lowest BCUT2D eigenvalue weighted by Gasteiger charge is -2.42. The van der Waals surface area contributed by atoms with E-state index < -0.39 is 0 Å². The van der Waals surface area contributed by atoms with E-state index in [1.54, 1.807) is 0 Å². The number of hydrogen-bond acceptors (Lipinski definition) is 1. The quantitative estimate of drug-likeness (QED) is 0.894. The number of benzene rings is 1. The first kappa shape index (κ1) is 13.0. The van der Waals surface area contributed by atoms with E-state index in [2.05, 4.69) is 29.8 Å². The predicted molar refractivity (Wildman–Crippen MR) is 72.8 cm³/mol. The summed E-state index contributed by atoms with van der Waals surface area (Å²) in [7, 11) is 0. The molecule has 1 saturated carbocycles. The molecule has 0 radical (unpaired) electrons. The van der Waals surface area contributed by atoms with Gasteiger partial charge in [-0.3, -0.25) is 0 Å². The molecule has 0 saturated heterocycles. The first-order valence-corrected chi connectivity index (χ1v) is 6.99. The molecule has 94 valence electrons. The molecular weight excluding hydrogens is 281 g/mol. The highest BCUT2D eigenvalue weighted by Crippen LogP contribution is 2.45. The van der Waals surface area contributed by atoms with Crippen LogP contribution in [0.1, 0.15) is 50.2 Å². The standard InChI is InChI=1S/C14H19BrFN/c1-9(2)10-6-11(13(16)12(15)7-10)14(8-17)4-3-5-14/h6-7,9H,3-5,8,17H2,1-2H3. The molecule has 0 amide bonds. The molecule has 0 aromatic heterocycles. The van der Waals surface area contributed by atoms with Crippen LogP contribution in [0.15, 0.2) is 16.6 Å². The summed E-state index contributed by atoms with van der Waals surface area (Å²) in [6.07, 6.45) is 3.17. The molecule has 0 unspecified atom stereocenters. The molecule has 17 heavy (non-hydrogen) atoms. The van der Waals surface area contributed by atoms with Crippen molar-refractivity contribution in [3.05, 3.63) is 33.5 Å². The van der Waals surface area contributed by atoms with Gasteiger partial charge in [-0.2, -0.15) is 0 Å². The largest absolute Gasteiger partial charge is 0.330 e. The molecule has 1 aliphatic carbocycles. The van der Waals surface area contributed by atoms with E-state index in [9.17, 15) is 4.39 Å². The van der Waals surface area contributed by atoms with Gasteiger partial charge in [0.2, 0.25) is 0 Å². The molecule has 0 bridgehead atoms. The first-order chi connectivity index (χ1) is 8.00. The molecule has 0 heterocycles. The average molecular weight is 300 g/mol. The molecule has 1 aromatic rings. The fourth-order valence-corrected chi connectivity index (χ4v) is 2.99. The molecule has 3 heteroatoms. The molecule has 1 aromatic carbocycles. The summed E-state index contributed by atoms with van der Waals surface area (Å²) in [6, 6.07) is 3.89. The van der Waals surface area contributed by atoms with Gasteiger partial charge in [0.05, 0.1) is 4.47 Å². The highest BCUT2D eigenvalue weighted by molar-refractivity contribution is 9.10. The molecule has 1 aliphatic rings. The van der Waals surface area contributed by atoms with E-state index in [4.69, 9.17) is 5.73 Å². The van der Waals surface area contributed by atoms with Crippen LogP contribution in [0.4, 0.5) is 4.39 Å². The Kier molecular flexibility index (Phi) is 3.60. The lowest BCUT2D eigenvalue weighted by Crippen LogP contribution is -2.42. The van der Waals surface area contributed by atoms with E-state index in [-0.39, 0.29) is 11.2 Å². The molecule has 0 aliphatic heterocycles. The van der Waals surface area contributed by atoms with Crippen molar-refractivity contribution in [2.24, 2.45) is 5.73 Å². The second kappa shape index (κ2) is 4.69. The van der Waals surface area contributed by atoms with Gasteiger partial charge < -0.3 is 5.73 Å². The zero-order chi connectivity index (χ0) is 12.6. The maximum absolute atomic E-state index is 14.2. The fraction of sp³-hybridized carbons (Fsp3) is 0.571. The van der Waals surface area contributed by atoms with Crippen molar-refractivity contribution < 1.29 is 4.39 Å². The molecule has 2 N–H and O–H groups in total. The third-order valence-corrected chi connectivity index (χ3v) is 4.57. The van der Waals surface area contributed by atoms with Gasteiger partial charge in [0.1, 0.15) is 5.82 Å². The van der Waals surface area contributed by atoms with E-state index >= 15 is 0 Å². The second-order valence-corrected chi connectivity index (χ2v) is 6.21. The van der Waals surface area contributed by atoms with Gasteiger partial charge in [-0.25, -0.2) is 4.39 Å². The predicted octanol–water partition coefficient (Wildman–Crippen LogP) is 4.09. The third-order valence-electron chi connectivity index (χ3n) is 3.99. The van der Waals surface area contributed by atoms with Gasteiger partial charge in [-0.1, -0.05) is 26.3 Å². The van der Waals surface area contributed by atoms with Crippen molar-refractivity contribution in [3.8, 4) is 0 Å². The molecular formula is C14H19BrFN. The van der Waals surface area contributed by atoms with E-state index in [0.29, 0.717) is 16.9 Å². The van der Waals surface area contributed by atoms with Crippen molar-refractivity contribution >= 4 is 15.9 Å². The number of nitrogens with two attached hydrogens (primary N) is 1. The van der Waals surface area contributed by atoms with Gasteiger partial charge >= 0.3 is 0 Å². The third kappa shape index (κ3) is 2.15. The Bertz CT molecular complexity index is 419. The Hall–Kier alpha value is -0.410. The van der Waals surface area contributed by atoms with Crippen molar-refractivity contribution in [3.63, 3.8) is 0 Å². The summed E-state index contributed by atoms with van der Waals surface area (Å²) >= 11 is 3.32. The van der Waals surface area contributed by atoms with Gasteiger partial charge in [0.15, 0.2) is 0 Å². The lowest BCUT2D eigenvalue weighted by atomic mass is 9.64. The maximum Gasteiger partial charge on any atom is 0.141 e. The van der Waals surface area contributed by atoms with Crippen molar-refractivity contribution in [1.29, 1.82) is 0 Å². The van der Waals surface area contributed by atoms with Crippen LogP contribution >= 0.6 is 15.9 Å². The first-order valence-electron chi connectivity index (χ1n) is 6.19. The Morgan fingerprint density at radius 1 is 1.41 bits per heavy atom. The molecule has 0 spiro atoms. The zero-order valence-corrected chi connectivity index (χ0v) is 12.0. The van der Waals surface area contributed by atoms with E-state index in [1.807, 2.05) is 12.1 Å². The Labute approximate surface area is 111 Å². The minimum Gasteiger partial charge on any atom is -0.330 e. The van der Waals surface area contributed by atoms with E-state index in [0.717, 1.165) is 24.8 Å². The van der Waals surface area contributed by atoms with Crippen molar-refractivity contribution in [2.75, 3.05) is 6.54 Å². The van der Waals surface area contributed by atoms with Crippen LogP contribution in [-0.4, -0.2) is 6.54 Å². The van der Waals surface area contributed by atoms with Gasteiger partial charge in [0, 0.05) is 12.0 Å². The van der Waals surface area contributed by atoms with Crippen LogP contribution in [0.5, 0.6) is 0 Å². The Morgan fingerprint density at radius 3 is 2.47 bits per heavy atom. The normalized spacial score (nSPS) is 18.2. The summed E-state index contributed by atoms with van der Waals surface area (Å²) in [4.78, 5) is 0. The summed E-state index contributed by atoms with van der Waals surface area (Å²) in [5, 5.41) is 0. The smallest absolute Gasteiger partial charge is 0.141 e. The highest BCUT2D eigenvalue weighted by atomic mass is 79.9. The minimum absolute atomic E-state index is 0.114. The summed E-state index contributed by atoms with van der Waals surface area (Å²) in [5.41, 5.74) is 7.73. The van der Waals surface area contributed by atoms with Gasteiger partial charge in [0.25, 0.3) is 0 Å². The van der Waals surface area contributed by atoms with Crippen LogP contribution in [0.2, 0.25) is 0 Å². The Balaban J connectivity index is 2.52. The highest BCUT2D eigenvalue weighted by Gasteiger charge is 2.40. The molecule has 0 atom stereocenters. The monoisotopic (exact) mass is 299 g/mol. The minimum atomic E-state index is -0.125. The molecule has 1 nitrogen and oxygen atoms in total. The Morgan fingerprint density at radius 2 is 2.06 bits per heavy atom. The number of halogens is 2. The maximum atomic E-state index is 14.2. The molecule has 1 fully saturated rings. The van der Waals surface area contributed by atoms with Gasteiger partial charge in [-0.15, -0.1) is 0 Å². The second-order valence-electron chi connectivity index (χ2n) is 5.36. The summed E-state index contributed by atoms with van der Waals surface area (Å²) in [6.45, 7) is 4.79. The van der Waals surface area contributed by atoms with Crippen molar-refractivity contribution in [2.45, 2.75) is 44.4 Å². The van der Waals surface area contributed by atoms with E-state index in [1.165, 1.54) is 5.56 Å².